The van der Waals surface area contributed by atoms with Crippen molar-refractivity contribution in [2.24, 2.45) is 5.92 Å². The fourth-order valence-electron chi connectivity index (χ4n) is 2.03. The van der Waals surface area contributed by atoms with Crippen molar-refractivity contribution in [3.05, 3.63) is 0 Å². The van der Waals surface area contributed by atoms with E-state index in [0.717, 1.165) is 5.92 Å². The van der Waals surface area contributed by atoms with E-state index < -0.39 is 0 Å². The maximum absolute atomic E-state index is 2.51. The van der Waals surface area contributed by atoms with Gasteiger partial charge in [0.2, 0.25) is 0 Å². The largest absolute Gasteiger partial charge is 0.309 e. The quantitative estimate of drug-likeness (QED) is 0.530. The van der Waals surface area contributed by atoms with Crippen LogP contribution in [0, 0.1) is 5.92 Å². The van der Waals surface area contributed by atoms with Gasteiger partial charge in [0.05, 0.1) is 0 Å². The predicted octanol–water partition coefficient (Wildman–Crippen LogP) is 3.09. The summed E-state index contributed by atoms with van der Waals surface area (Å²) < 4.78 is 0. The lowest BCUT2D eigenvalue weighted by Crippen LogP contribution is -2.28. The van der Waals surface area contributed by atoms with Crippen LogP contribution in [0.2, 0.25) is 0 Å². The number of hydrogen-bond acceptors (Lipinski definition) is 2. The Hall–Kier alpha value is -0.0800. The van der Waals surface area contributed by atoms with Crippen LogP contribution in [0.5, 0.6) is 0 Å². The first-order chi connectivity index (χ1) is 7.60. The molecular formula is C14H32N2. The molecule has 16 heavy (non-hydrogen) atoms. The van der Waals surface area contributed by atoms with Crippen molar-refractivity contribution in [3.63, 3.8) is 0 Å². The summed E-state index contributed by atoms with van der Waals surface area (Å²) in [6.45, 7) is 8.35. The Kier molecular flexibility index (Phi) is 10.0. The molecule has 0 amide bonds. The minimum atomic E-state index is 0.869. The van der Waals surface area contributed by atoms with Crippen LogP contribution in [-0.4, -0.2) is 50.6 Å². The third-order valence-electron chi connectivity index (χ3n) is 3.28. The SMILES string of the molecule is CCCCCN(C)CC(CC)CCN(C)C. The summed E-state index contributed by atoms with van der Waals surface area (Å²) in [5, 5.41) is 0. The minimum Gasteiger partial charge on any atom is -0.309 e. The molecule has 0 bridgehead atoms. The maximum atomic E-state index is 2.51. The van der Waals surface area contributed by atoms with Crippen molar-refractivity contribution < 1.29 is 0 Å². The highest BCUT2D eigenvalue weighted by Crippen LogP contribution is 2.10. The average Bonchev–Trinajstić information content (AvgIpc) is 2.24. The van der Waals surface area contributed by atoms with E-state index in [2.05, 4.69) is 44.8 Å². The van der Waals surface area contributed by atoms with E-state index >= 15 is 0 Å². The molecule has 0 aliphatic carbocycles. The van der Waals surface area contributed by atoms with E-state index in [0.29, 0.717) is 0 Å². The molecule has 0 rings (SSSR count). The van der Waals surface area contributed by atoms with E-state index in [9.17, 15) is 0 Å². The van der Waals surface area contributed by atoms with E-state index in [4.69, 9.17) is 0 Å². The first kappa shape index (κ1) is 15.9. The molecule has 0 aromatic heterocycles. The molecule has 2 heteroatoms. The highest BCUT2D eigenvalue weighted by Gasteiger charge is 2.09. The second kappa shape index (κ2) is 10.1. The molecule has 0 aliphatic heterocycles. The Morgan fingerprint density at radius 2 is 1.62 bits per heavy atom. The Balaban J connectivity index is 3.65. The first-order valence-electron chi connectivity index (χ1n) is 6.93. The molecule has 0 saturated carbocycles. The maximum Gasteiger partial charge on any atom is 0.000698 e. The highest BCUT2D eigenvalue weighted by atomic mass is 15.1. The zero-order valence-electron chi connectivity index (χ0n) is 12.1. The molecule has 0 aliphatic rings. The number of nitrogens with zero attached hydrogens (tertiary/aromatic N) is 2. The lowest BCUT2D eigenvalue weighted by atomic mass is 10.0. The third-order valence-corrected chi connectivity index (χ3v) is 3.28. The molecule has 0 aromatic carbocycles. The van der Waals surface area contributed by atoms with E-state index in [-0.39, 0.29) is 0 Å². The smallest absolute Gasteiger partial charge is 0.000698 e. The number of hydrogen-bond donors (Lipinski definition) is 0. The van der Waals surface area contributed by atoms with E-state index in [1.54, 1.807) is 0 Å². The Morgan fingerprint density at radius 3 is 2.12 bits per heavy atom. The molecular weight excluding hydrogens is 196 g/mol. The second-order valence-electron chi connectivity index (χ2n) is 5.34. The fraction of sp³-hybridized carbons (Fsp3) is 1.00. The monoisotopic (exact) mass is 228 g/mol. The van der Waals surface area contributed by atoms with Crippen molar-refractivity contribution >= 4 is 0 Å². The van der Waals surface area contributed by atoms with Crippen LogP contribution in [0.4, 0.5) is 0 Å². The van der Waals surface area contributed by atoms with Crippen LogP contribution in [0.25, 0.3) is 0 Å². The molecule has 0 heterocycles. The second-order valence-corrected chi connectivity index (χ2v) is 5.34. The normalized spacial score (nSPS) is 13.7. The fourth-order valence-corrected chi connectivity index (χ4v) is 2.03. The Bertz CT molecular complexity index is 146. The zero-order chi connectivity index (χ0) is 12.4. The predicted molar refractivity (Wildman–Crippen MR) is 74.0 cm³/mol. The van der Waals surface area contributed by atoms with Crippen LogP contribution in [0.3, 0.4) is 0 Å². The van der Waals surface area contributed by atoms with Gasteiger partial charge in [0.25, 0.3) is 0 Å². The zero-order valence-corrected chi connectivity index (χ0v) is 12.1. The Morgan fingerprint density at radius 1 is 0.938 bits per heavy atom. The van der Waals surface area contributed by atoms with Gasteiger partial charge in [-0.05, 0) is 53.0 Å². The molecule has 2 nitrogen and oxygen atoms in total. The highest BCUT2D eigenvalue weighted by molar-refractivity contribution is 4.64. The molecule has 1 unspecified atom stereocenters. The van der Waals surface area contributed by atoms with E-state index in [1.165, 1.54) is 51.7 Å². The molecule has 0 saturated heterocycles. The molecule has 0 fully saturated rings. The summed E-state index contributed by atoms with van der Waals surface area (Å²) in [5.74, 6) is 0.869. The lowest BCUT2D eigenvalue weighted by molar-refractivity contribution is 0.242. The van der Waals surface area contributed by atoms with Crippen molar-refractivity contribution in [2.45, 2.75) is 46.0 Å². The molecule has 0 spiro atoms. The van der Waals surface area contributed by atoms with Crippen LogP contribution in [-0.2, 0) is 0 Å². The van der Waals surface area contributed by atoms with Gasteiger partial charge in [-0.15, -0.1) is 0 Å². The topological polar surface area (TPSA) is 6.48 Å². The minimum absolute atomic E-state index is 0.869. The van der Waals surface area contributed by atoms with Crippen LogP contribution in [0.1, 0.15) is 46.0 Å². The Labute approximate surface area is 103 Å². The lowest BCUT2D eigenvalue weighted by Gasteiger charge is -2.24. The number of unbranched alkanes of at least 4 members (excludes halogenated alkanes) is 2. The molecule has 0 aromatic rings. The molecule has 0 N–H and O–H groups in total. The van der Waals surface area contributed by atoms with Crippen LogP contribution >= 0.6 is 0 Å². The van der Waals surface area contributed by atoms with Crippen molar-refractivity contribution in [3.8, 4) is 0 Å². The van der Waals surface area contributed by atoms with Gasteiger partial charge in [-0.2, -0.15) is 0 Å². The van der Waals surface area contributed by atoms with E-state index in [1.807, 2.05) is 0 Å². The van der Waals surface area contributed by atoms with Gasteiger partial charge in [-0.25, -0.2) is 0 Å². The number of rotatable bonds is 10. The molecule has 1 atom stereocenters. The van der Waals surface area contributed by atoms with Gasteiger partial charge < -0.3 is 9.80 Å². The first-order valence-corrected chi connectivity index (χ1v) is 6.93. The summed E-state index contributed by atoms with van der Waals surface area (Å²) >= 11 is 0. The van der Waals surface area contributed by atoms with Gasteiger partial charge in [0.15, 0.2) is 0 Å². The van der Waals surface area contributed by atoms with Gasteiger partial charge >= 0.3 is 0 Å². The van der Waals surface area contributed by atoms with Gasteiger partial charge in [-0.1, -0.05) is 33.1 Å². The van der Waals surface area contributed by atoms with Gasteiger partial charge in [0, 0.05) is 6.54 Å². The standard InChI is InChI=1S/C14H32N2/c1-6-8-9-11-16(5)13-14(7-2)10-12-15(3)4/h14H,6-13H2,1-5H3. The molecule has 0 radical (unpaired) electrons. The van der Waals surface area contributed by atoms with Gasteiger partial charge in [-0.3, -0.25) is 0 Å². The third kappa shape index (κ3) is 9.17. The van der Waals surface area contributed by atoms with Crippen molar-refractivity contribution in [1.82, 2.24) is 9.80 Å². The summed E-state index contributed by atoms with van der Waals surface area (Å²) in [6, 6.07) is 0. The van der Waals surface area contributed by atoms with Crippen LogP contribution in [0.15, 0.2) is 0 Å². The summed E-state index contributed by atoms with van der Waals surface area (Å²) in [6.07, 6.45) is 6.70. The van der Waals surface area contributed by atoms with Crippen LogP contribution < -0.4 is 0 Å². The van der Waals surface area contributed by atoms with Crippen molar-refractivity contribution in [2.75, 3.05) is 40.8 Å². The average molecular weight is 228 g/mol. The van der Waals surface area contributed by atoms with Gasteiger partial charge in [0.1, 0.15) is 0 Å². The summed E-state index contributed by atoms with van der Waals surface area (Å²) in [4.78, 5) is 4.80. The summed E-state index contributed by atoms with van der Waals surface area (Å²) in [5.41, 5.74) is 0. The molecule has 98 valence electrons. The van der Waals surface area contributed by atoms with Crippen molar-refractivity contribution in [1.29, 1.82) is 0 Å². The summed E-state index contributed by atoms with van der Waals surface area (Å²) in [7, 11) is 6.60.